The average Bonchev–Trinajstić information content (AvgIpc) is 2.36. The largest absolute Gasteiger partial charge is 0.299 e. The molecule has 0 aliphatic heterocycles. The standard InChI is InChI=1S/C14H12O2S/c15-11-7-3-6-10-12(11)13(16)8-4-1-2-5-9(8)14(10)17/h1-2,4-5,10,12H,3,6-7H2. The van der Waals surface area contributed by atoms with Gasteiger partial charge in [0, 0.05) is 22.8 Å². The second kappa shape index (κ2) is 3.84. The highest BCUT2D eigenvalue weighted by molar-refractivity contribution is 7.81. The van der Waals surface area contributed by atoms with Crippen molar-refractivity contribution in [2.24, 2.45) is 11.8 Å². The van der Waals surface area contributed by atoms with Crippen molar-refractivity contribution < 1.29 is 9.59 Å². The van der Waals surface area contributed by atoms with Crippen molar-refractivity contribution in [2.75, 3.05) is 0 Å². The van der Waals surface area contributed by atoms with Crippen LogP contribution in [0, 0.1) is 11.8 Å². The quantitative estimate of drug-likeness (QED) is 0.519. The molecule has 3 rings (SSSR count). The van der Waals surface area contributed by atoms with Crippen molar-refractivity contribution in [2.45, 2.75) is 19.3 Å². The van der Waals surface area contributed by atoms with Gasteiger partial charge in [0.2, 0.25) is 0 Å². The van der Waals surface area contributed by atoms with Crippen molar-refractivity contribution in [3.05, 3.63) is 35.4 Å². The monoisotopic (exact) mass is 244 g/mol. The summed E-state index contributed by atoms with van der Waals surface area (Å²) in [4.78, 5) is 25.0. The Morgan fingerprint density at radius 1 is 1.12 bits per heavy atom. The van der Waals surface area contributed by atoms with Gasteiger partial charge < -0.3 is 0 Å². The maximum Gasteiger partial charge on any atom is 0.174 e. The lowest BCUT2D eigenvalue weighted by molar-refractivity contribution is -0.123. The summed E-state index contributed by atoms with van der Waals surface area (Å²) in [6, 6.07) is 7.39. The Balaban J connectivity index is 2.17. The molecule has 0 radical (unpaired) electrons. The minimum absolute atomic E-state index is 0.0242. The third-order valence-corrected chi connectivity index (χ3v) is 4.29. The second-order valence-corrected chi connectivity index (χ2v) is 5.16. The van der Waals surface area contributed by atoms with E-state index < -0.39 is 5.92 Å². The van der Waals surface area contributed by atoms with Crippen LogP contribution in [0.25, 0.3) is 0 Å². The van der Waals surface area contributed by atoms with E-state index in [9.17, 15) is 9.59 Å². The predicted molar refractivity (Wildman–Crippen MR) is 68.3 cm³/mol. The number of fused-ring (bicyclic) bond motifs is 2. The first kappa shape index (κ1) is 10.8. The fourth-order valence-electron chi connectivity index (χ4n) is 2.93. The molecule has 3 heteroatoms. The SMILES string of the molecule is O=C1CCCC2C(=S)c3ccccc3C(=O)C12. The van der Waals surface area contributed by atoms with Crippen molar-refractivity contribution in [1.82, 2.24) is 0 Å². The van der Waals surface area contributed by atoms with Gasteiger partial charge >= 0.3 is 0 Å². The van der Waals surface area contributed by atoms with E-state index in [-0.39, 0.29) is 17.5 Å². The van der Waals surface area contributed by atoms with E-state index in [1.54, 1.807) is 6.07 Å². The molecule has 17 heavy (non-hydrogen) atoms. The van der Waals surface area contributed by atoms with Gasteiger partial charge in [-0.3, -0.25) is 9.59 Å². The summed E-state index contributed by atoms with van der Waals surface area (Å²) in [5, 5.41) is 0. The number of carbonyl (C=O) groups is 2. The summed E-state index contributed by atoms with van der Waals surface area (Å²) < 4.78 is 0. The topological polar surface area (TPSA) is 34.1 Å². The molecular weight excluding hydrogens is 232 g/mol. The van der Waals surface area contributed by atoms with E-state index in [0.717, 1.165) is 23.3 Å². The molecule has 1 saturated carbocycles. The van der Waals surface area contributed by atoms with E-state index in [2.05, 4.69) is 0 Å². The maximum absolute atomic E-state index is 12.3. The van der Waals surface area contributed by atoms with Gasteiger partial charge in [0.1, 0.15) is 5.78 Å². The molecule has 2 nitrogen and oxygen atoms in total. The number of hydrogen-bond donors (Lipinski definition) is 0. The number of Topliss-reactive ketones (excluding diaryl/α,β-unsaturated/α-hetero) is 2. The van der Waals surface area contributed by atoms with E-state index in [0.29, 0.717) is 12.0 Å². The van der Waals surface area contributed by atoms with E-state index in [1.807, 2.05) is 18.2 Å². The molecule has 86 valence electrons. The smallest absolute Gasteiger partial charge is 0.174 e. The van der Waals surface area contributed by atoms with Crippen molar-refractivity contribution in [3.8, 4) is 0 Å². The first-order valence-electron chi connectivity index (χ1n) is 5.90. The molecule has 0 saturated heterocycles. The lowest BCUT2D eigenvalue weighted by Crippen LogP contribution is -2.43. The fourth-order valence-corrected chi connectivity index (χ4v) is 3.37. The normalized spacial score (nSPS) is 27.6. The number of hydrogen-bond acceptors (Lipinski definition) is 3. The van der Waals surface area contributed by atoms with Crippen LogP contribution in [-0.2, 0) is 4.79 Å². The molecule has 0 bridgehead atoms. The molecule has 2 unspecified atom stereocenters. The van der Waals surface area contributed by atoms with Crippen LogP contribution in [0.5, 0.6) is 0 Å². The summed E-state index contributed by atoms with van der Waals surface area (Å²) in [5.74, 6) is -0.480. The molecule has 1 aromatic carbocycles. The summed E-state index contributed by atoms with van der Waals surface area (Å²) in [6.07, 6.45) is 2.25. The highest BCUT2D eigenvalue weighted by atomic mass is 32.1. The Bertz CT molecular complexity index is 533. The van der Waals surface area contributed by atoms with Gasteiger partial charge in [-0.1, -0.05) is 36.5 Å². The van der Waals surface area contributed by atoms with Crippen molar-refractivity contribution in [3.63, 3.8) is 0 Å². The number of ketones is 2. The number of carbonyl (C=O) groups excluding carboxylic acids is 2. The molecule has 0 amide bonds. The highest BCUT2D eigenvalue weighted by Crippen LogP contribution is 2.38. The molecule has 2 aliphatic rings. The molecular formula is C14H12O2S. The van der Waals surface area contributed by atoms with Gasteiger partial charge in [0.15, 0.2) is 5.78 Å². The predicted octanol–water partition coefficient (Wildman–Crippen LogP) is 2.59. The Kier molecular flexibility index (Phi) is 2.44. The summed E-state index contributed by atoms with van der Waals surface area (Å²) in [7, 11) is 0. The maximum atomic E-state index is 12.3. The summed E-state index contributed by atoms with van der Waals surface area (Å²) in [6.45, 7) is 0. The molecule has 2 aliphatic carbocycles. The molecule has 0 heterocycles. The molecule has 1 fully saturated rings. The van der Waals surface area contributed by atoms with Gasteiger partial charge in [-0.2, -0.15) is 0 Å². The molecule has 0 aromatic heterocycles. The molecule has 0 spiro atoms. The van der Waals surface area contributed by atoms with Gasteiger partial charge in [-0.05, 0) is 18.4 Å². The van der Waals surface area contributed by atoms with Crippen LogP contribution in [-0.4, -0.2) is 16.4 Å². The van der Waals surface area contributed by atoms with E-state index in [1.165, 1.54) is 0 Å². The van der Waals surface area contributed by atoms with E-state index >= 15 is 0 Å². The lowest BCUT2D eigenvalue weighted by atomic mass is 9.67. The fraction of sp³-hybridized carbons (Fsp3) is 0.357. The molecule has 1 aromatic rings. The average molecular weight is 244 g/mol. The Labute approximate surface area is 105 Å². The number of benzene rings is 1. The van der Waals surface area contributed by atoms with Gasteiger partial charge in [0.25, 0.3) is 0 Å². The van der Waals surface area contributed by atoms with Crippen LogP contribution in [0.15, 0.2) is 24.3 Å². The van der Waals surface area contributed by atoms with Crippen LogP contribution in [0.4, 0.5) is 0 Å². The van der Waals surface area contributed by atoms with Gasteiger partial charge in [-0.15, -0.1) is 0 Å². The van der Waals surface area contributed by atoms with Crippen molar-refractivity contribution >= 4 is 28.6 Å². The minimum Gasteiger partial charge on any atom is -0.299 e. The highest BCUT2D eigenvalue weighted by Gasteiger charge is 2.44. The second-order valence-electron chi connectivity index (χ2n) is 4.72. The molecule has 0 N–H and O–H groups in total. The summed E-state index contributed by atoms with van der Waals surface area (Å²) in [5.41, 5.74) is 1.50. The first-order chi connectivity index (χ1) is 8.20. The van der Waals surface area contributed by atoms with Crippen LogP contribution < -0.4 is 0 Å². The number of rotatable bonds is 0. The Morgan fingerprint density at radius 2 is 1.82 bits per heavy atom. The Morgan fingerprint density at radius 3 is 2.59 bits per heavy atom. The van der Waals surface area contributed by atoms with Gasteiger partial charge in [-0.25, -0.2) is 0 Å². The zero-order valence-electron chi connectivity index (χ0n) is 9.31. The van der Waals surface area contributed by atoms with Crippen LogP contribution in [0.2, 0.25) is 0 Å². The first-order valence-corrected chi connectivity index (χ1v) is 6.31. The summed E-state index contributed by atoms with van der Waals surface area (Å²) >= 11 is 5.46. The molecule has 2 atom stereocenters. The van der Waals surface area contributed by atoms with Crippen LogP contribution in [0.1, 0.15) is 35.2 Å². The van der Waals surface area contributed by atoms with Crippen LogP contribution in [0.3, 0.4) is 0 Å². The third kappa shape index (κ3) is 1.49. The number of thiocarbonyl (C=S) groups is 1. The lowest BCUT2D eigenvalue weighted by Gasteiger charge is -2.34. The van der Waals surface area contributed by atoms with Gasteiger partial charge in [0.05, 0.1) is 5.92 Å². The minimum atomic E-state index is -0.494. The van der Waals surface area contributed by atoms with Crippen LogP contribution >= 0.6 is 12.2 Å². The van der Waals surface area contributed by atoms with Crippen molar-refractivity contribution in [1.29, 1.82) is 0 Å². The Hall–Kier alpha value is -1.35. The third-order valence-electron chi connectivity index (χ3n) is 3.76. The van der Waals surface area contributed by atoms with E-state index in [4.69, 9.17) is 12.2 Å². The zero-order valence-corrected chi connectivity index (χ0v) is 10.1. The zero-order chi connectivity index (χ0) is 12.0.